The molecular formula is C18H27IO. The Hall–Kier alpha value is -0.0900. The van der Waals surface area contributed by atoms with E-state index in [0.29, 0.717) is 5.41 Å². The molecule has 1 nitrogen and oxygen atoms in total. The number of benzene rings is 1. The van der Waals surface area contributed by atoms with Gasteiger partial charge >= 0.3 is 0 Å². The molecule has 1 fully saturated rings. The van der Waals surface area contributed by atoms with Crippen LogP contribution in [0.4, 0.5) is 0 Å². The number of hydrogen-bond acceptors (Lipinski definition) is 1. The highest BCUT2D eigenvalue weighted by atomic mass is 127. The van der Waals surface area contributed by atoms with Gasteiger partial charge in [0.05, 0.1) is 5.60 Å². The van der Waals surface area contributed by atoms with Gasteiger partial charge in [0.25, 0.3) is 0 Å². The van der Waals surface area contributed by atoms with E-state index < -0.39 is 5.60 Å². The third kappa shape index (κ3) is 4.45. The molecule has 0 aliphatic heterocycles. The second-order valence-corrected chi connectivity index (χ2v) is 8.77. The van der Waals surface area contributed by atoms with Crippen molar-refractivity contribution in [1.82, 2.24) is 0 Å². The zero-order valence-corrected chi connectivity index (χ0v) is 15.1. The first kappa shape index (κ1) is 16.3. The third-order valence-corrected chi connectivity index (χ3v) is 5.54. The van der Waals surface area contributed by atoms with Crippen LogP contribution in [0.15, 0.2) is 24.3 Å². The monoisotopic (exact) mass is 386 g/mol. The van der Waals surface area contributed by atoms with Gasteiger partial charge in [-0.15, -0.1) is 0 Å². The minimum absolute atomic E-state index is 0.369. The van der Waals surface area contributed by atoms with E-state index in [-0.39, 0.29) is 0 Å². The Bertz CT molecular complexity index is 432. The molecule has 2 unspecified atom stereocenters. The Balaban J connectivity index is 2.02. The molecule has 2 heteroatoms. The molecule has 0 radical (unpaired) electrons. The van der Waals surface area contributed by atoms with Crippen molar-refractivity contribution >= 4 is 22.6 Å². The Morgan fingerprint density at radius 1 is 1.15 bits per heavy atom. The zero-order valence-electron chi connectivity index (χ0n) is 13.0. The number of hydrogen-bond donors (Lipinski definition) is 1. The van der Waals surface area contributed by atoms with Crippen molar-refractivity contribution in [2.24, 2.45) is 11.3 Å². The standard InChI is InChI=1S/C18H27IO/c1-17(2,3)15-5-4-11-18(20,12-10-15)13-14-6-8-16(19)9-7-14/h6-9,15,20H,4-5,10-13H2,1-3H3. The smallest absolute Gasteiger partial charge is 0.0688 e. The highest BCUT2D eigenvalue weighted by Crippen LogP contribution is 2.40. The summed E-state index contributed by atoms with van der Waals surface area (Å²) in [6.45, 7) is 7.00. The molecule has 1 aliphatic rings. The van der Waals surface area contributed by atoms with Crippen LogP contribution >= 0.6 is 22.6 Å². The van der Waals surface area contributed by atoms with Crippen molar-refractivity contribution in [3.8, 4) is 0 Å². The maximum atomic E-state index is 11.0. The molecule has 1 aromatic rings. The van der Waals surface area contributed by atoms with Crippen LogP contribution in [0.3, 0.4) is 0 Å². The van der Waals surface area contributed by atoms with Crippen LogP contribution in [-0.2, 0) is 6.42 Å². The second kappa shape index (κ2) is 6.35. The van der Waals surface area contributed by atoms with Crippen LogP contribution < -0.4 is 0 Å². The topological polar surface area (TPSA) is 20.2 Å². The van der Waals surface area contributed by atoms with Gasteiger partial charge in [-0.2, -0.15) is 0 Å². The van der Waals surface area contributed by atoms with Crippen LogP contribution in [0, 0.1) is 14.9 Å². The van der Waals surface area contributed by atoms with E-state index >= 15 is 0 Å². The van der Waals surface area contributed by atoms with Gasteiger partial charge < -0.3 is 5.11 Å². The summed E-state index contributed by atoms with van der Waals surface area (Å²) in [5.41, 5.74) is 1.14. The van der Waals surface area contributed by atoms with Crippen LogP contribution in [-0.4, -0.2) is 10.7 Å². The van der Waals surface area contributed by atoms with Crippen molar-refractivity contribution in [3.05, 3.63) is 33.4 Å². The van der Waals surface area contributed by atoms with E-state index in [9.17, 15) is 5.11 Å². The van der Waals surface area contributed by atoms with Gasteiger partial charge in [0.15, 0.2) is 0 Å². The highest BCUT2D eigenvalue weighted by Gasteiger charge is 2.34. The SMILES string of the molecule is CC(C)(C)C1CCCC(O)(Cc2ccc(I)cc2)CC1. The van der Waals surface area contributed by atoms with E-state index in [1.165, 1.54) is 15.6 Å². The first-order valence-electron chi connectivity index (χ1n) is 7.75. The lowest BCUT2D eigenvalue weighted by molar-refractivity contribution is 0.0225. The zero-order chi connectivity index (χ0) is 14.8. The first-order valence-corrected chi connectivity index (χ1v) is 8.83. The molecule has 1 N–H and O–H groups in total. The van der Waals surface area contributed by atoms with Crippen LogP contribution in [0.5, 0.6) is 0 Å². The van der Waals surface area contributed by atoms with Crippen molar-refractivity contribution in [2.75, 3.05) is 0 Å². The summed E-state index contributed by atoms with van der Waals surface area (Å²) >= 11 is 2.33. The Morgan fingerprint density at radius 3 is 2.40 bits per heavy atom. The summed E-state index contributed by atoms with van der Waals surface area (Å²) in [7, 11) is 0. The molecule has 20 heavy (non-hydrogen) atoms. The number of rotatable bonds is 2. The minimum atomic E-state index is -0.493. The fourth-order valence-electron chi connectivity index (χ4n) is 3.41. The van der Waals surface area contributed by atoms with Crippen molar-refractivity contribution < 1.29 is 5.11 Å². The molecule has 0 spiro atoms. The van der Waals surface area contributed by atoms with Crippen LogP contribution in [0.25, 0.3) is 0 Å². The summed E-state index contributed by atoms with van der Waals surface area (Å²) in [6, 6.07) is 8.58. The van der Waals surface area contributed by atoms with Gasteiger partial charge in [-0.25, -0.2) is 0 Å². The molecule has 0 aromatic heterocycles. The summed E-state index contributed by atoms with van der Waals surface area (Å²) in [5.74, 6) is 0.744. The lowest BCUT2D eigenvalue weighted by atomic mass is 9.76. The molecule has 1 aliphatic carbocycles. The normalized spacial score (nSPS) is 28.1. The van der Waals surface area contributed by atoms with Crippen molar-refractivity contribution in [2.45, 2.75) is 64.9 Å². The average molecular weight is 386 g/mol. The van der Waals surface area contributed by atoms with E-state index in [2.05, 4.69) is 67.6 Å². The van der Waals surface area contributed by atoms with Gasteiger partial charge in [-0.1, -0.05) is 39.3 Å². The first-order chi connectivity index (χ1) is 9.28. The van der Waals surface area contributed by atoms with Gasteiger partial charge in [0.2, 0.25) is 0 Å². The van der Waals surface area contributed by atoms with Crippen LogP contribution in [0.2, 0.25) is 0 Å². The van der Waals surface area contributed by atoms with E-state index in [1.54, 1.807) is 0 Å². The summed E-state index contributed by atoms with van der Waals surface area (Å²) in [4.78, 5) is 0. The van der Waals surface area contributed by atoms with E-state index in [4.69, 9.17) is 0 Å². The Morgan fingerprint density at radius 2 is 1.80 bits per heavy atom. The minimum Gasteiger partial charge on any atom is -0.390 e. The van der Waals surface area contributed by atoms with Gasteiger partial charge in [0, 0.05) is 9.99 Å². The summed E-state index contributed by atoms with van der Waals surface area (Å²) in [6.07, 6.45) is 6.28. The molecule has 1 aromatic carbocycles. The van der Waals surface area contributed by atoms with E-state index in [0.717, 1.165) is 38.0 Å². The molecule has 0 bridgehead atoms. The van der Waals surface area contributed by atoms with Crippen LogP contribution in [0.1, 0.15) is 58.4 Å². The predicted molar refractivity (Wildman–Crippen MR) is 93.8 cm³/mol. The van der Waals surface area contributed by atoms with E-state index in [1.807, 2.05) is 0 Å². The fourth-order valence-corrected chi connectivity index (χ4v) is 3.77. The Labute approximate surface area is 137 Å². The Kier molecular flexibility index (Phi) is 5.17. The fraction of sp³-hybridized carbons (Fsp3) is 0.667. The third-order valence-electron chi connectivity index (χ3n) is 4.82. The van der Waals surface area contributed by atoms with Crippen molar-refractivity contribution in [1.29, 1.82) is 0 Å². The van der Waals surface area contributed by atoms with Gasteiger partial charge in [-0.3, -0.25) is 0 Å². The molecule has 2 rings (SSSR count). The largest absolute Gasteiger partial charge is 0.390 e. The highest BCUT2D eigenvalue weighted by molar-refractivity contribution is 14.1. The molecule has 112 valence electrons. The predicted octanol–water partition coefficient (Wildman–Crippen LogP) is 5.19. The number of halogens is 1. The second-order valence-electron chi connectivity index (χ2n) is 7.52. The van der Waals surface area contributed by atoms with Gasteiger partial charge in [-0.05, 0) is 77.3 Å². The van der Waals surface area contributed by atoms with Crippen molar-refractivity contribution in [3.63, 3.8) is 0 Å². The lowest BCUT2D eigenvalue weighted by Gasteiger charge is -2.31. The van der Waals surface area contributed by atoms with Gasteiger partial charge in [0.1, 0.15) is 0 Å². The summed E-state index contributed by atoms with van der Waals surface area (Å²) in [5, 5.41) is 11.0. The quantitative estimate of drug-likeness (QED) is 0.548. The molecule has 0 saturated heterocycles. The molecule has 0 heterocycles. The summed E-state index contributed by atoms with van der Waals surface area (Å²) < 4.78 is 1.26. The maximum absolute atomic E-state index is 11.0. The lowest BCUT2D eigenvalue weighted by Crippen LogP contribution is -2.31. The average Bonchev–Trinajstić information content (AvgIpc) is 2.54. The molecule has 0 amide bonds. The molecule has 2 atom stereocenters. The molecule has 1 saturated carbocycles. The molecular weight excluding hydrogens is 359 g/mol. The number of aliphatic hydroxyl groups is 1. The maximum Gasteiger partial charge on any atom is 0.0688 e.